The number of nitro benzene ring substituents is 1. The first kappa shape index (κ1) is 21.9. The predicted octanol–water partition coefficient (Wildman–Crippen LogP) is 3.92. The quantitative estimate of drug-likeness (QED) is 0.461. The Labute approximate surface area is 197 Å². The number of piperazine rings is 1. The summed E-state index contributed by atoms with van der Waals surface area (Å²) in [4.78, 5) is 28.8. The van der Waals surface area contributed by atoms with Gasteiger partial charge in [-0.15, -0.1) is 0 Å². The third-order valence-electron chi connectivity index (χ3n) is 6.72. The van der Waals surface area contributed by atoms with E-state index >= 15 is 0 Å². The molecule has 1 saturated heterocycles. The fraction of sp³-hybridized carbons (Fsp3) is 0.269. The number of nitrogens with zero attached hydrogens (tertiary/aromatic N) is 3. The summed E-state index contributed by atoms with van der Waals surface area (Å²) >= 11 is 0. The van der Waals surface area contributed by atoms with Crippen molar-refractivity contribution in [1.82, 2.24) is 5.32 Å². The van der Waals surface area contributed by atoms with Gasteiger partial charge in [0.05, 0.1) is 16.9 Å². The first-order valence-electron chi connectivity index (χ1n) is 11.4. The smallest absolute Gasteiger partial charge is 0.269 e. The zero-order chi connectivity index (χ0) is 23.7. The maximum Gasteiger partial charge on any atom is 0.269 e. The second-order valence-corrected chi connectivity index (χ2v) is 8.77. The normalized spacial score (nSPS) is 19.2. The van der Waals surface area contributed by atoms with Crippen LogP contribution in [-0.2, 0) is 17.8 Å². The zero-order valence-electron chi connectivity index (χ0n) is 18.6. The fourth-order valence-electron chi connectivity index (χ4n) is 5.06. The van der Waals surface area contributed by atoms with Gasteiger partial charge in [0.1, 0.15) is 5.82 Å². The van der Waals surface area contributed by atoms with Crippen molar-refractivity contribution >= 4 is 23.0 Å². The summed E-state index contributed by atoms with van der Waals surface area (Å²) in [5.41, 5.74) is 3.59. The molecule has 1 amide bonds. The van der Waals surface area contributed by atoms with E-state index in [2.05, 4.69) is 27.2 Å². The van der Waals surface area contributed by atoms with Crippen LogP contribution in [0.1, 0.15) is 11.1 Å². The van der Waals surface area contributed by atoms with Gasteiger partial charge in [-0.1, -0.05) is 30.3 Å². The molecule has 1 N–H and O–H groups in total. The molecule has 174 valence electrons. The highest BCUT2D eigenvalue weighted by atomic mass is 19.1. The summed E-state index contributed by atoms with van der Waals surface area (Å²) < 4.78 is 13.6. The minimum Gasteiger partial charge on any atom is -0.368 e. The molecule has 3 aromatic rings. The summed E-state index contributed by atoms with van der Waals surface area (Å²) in [5, 5.41) is 14.3. The standard InChI is InChI=1S/C26H25FN4O3/c27-20-6-4-5-18(13-20)16-28-26(32)23-15-19-14-22(31(33)34)9-10-24(19)30-12-11-29(17-25(23)30)21-7-2-1-3-8-21/h1-10,13-14,23,25H,11-12,15-17H2,(H,28,32)/t23-,25-/m1/s1. The van der Waals surface area contributed by atoms with Crippen LogP contribution in [0.3, 0.4) is 0 Å². The van der Waals surface area contributed by atoms with Crippen LogP contribution in [0.15, 0.2) is 72.8 Å². The molecule has 0 aromatic heterocycles. The number of fused-ring (bicyclic) bond motifs is 3. The molecular formula is C26H25FN4O3. The molecule has 2 aliphatic heterocycles. The average Bonchev–Trinajstić information content (AvgIpc) is 2.86. The summed E-state index contributed by atoms with van der Waals surface area (Å²) in [6, 6.07) is 21.1. The molecule has 0 spiro atoms. The minimum atomic E-state index is -0.404. The van der Waals surface area contributed by atoms with Crippen molar-refractivity contribution in [3.8, 4) is 0 Å². The van der Waals surface area contributed by atoms with Gasteiger partial charge in [-0.25, -0.2) is 4.39 Å². The number of benzene rings is 3. The van der Waals surface area contributed by atoms with Gasteiger partial charge in [0, 0.05) is 49.7 Å². The van der Waals surface area contributed by atoms with E-state index in [0.29, 0.717) is 25.1 Å². The largest absolute Gasteiger partial charge is 0.368 e. The topological polar surface area (TPSA) is 78.7 Å². The van der Waals surface area contributed by atoms with E-state index in [0.717, 1.165) is 23.5 Å². The molecule has 2 heterocycles. The van der Waals surface area contributed by atoms with Crippen LogP contribution in [0.2, 0.25) is 0 Å². The van der Waals surface area contributed by atoms with Crippen molar-refractivity contribution in [2.75, 3.05) is 29.4 Å². The number of hydrogen-bond acceptors (Lipinski definition) is 5. The van der Waals surface area contributed by atoms with Gasteiger partial charge in [-0.05, 0) is 47.9 Å². The Hall–Kier alpha value is -3.94. The number of hydrogen-bond donors (Lipinski definition) is 1. The number of rotatable bonds is 5. The Kier molecular flexibility index (Phi) is 5.88. The predicted molar refractivity (Wildman–Crippen MR) is 128 cm³/mol. The van der Waals surface area contributed by atoms with E-state index in [9.17, 15) is 19.3 Å². The van der Waals surface area contributed by atoms with Crippen LogP contribution in [-0.4, -0.2) is 36.5 Å². The van der Waals surface area contributed by atoms with Gasteiger partial charge >= 0.3 is 0 Å². The Bertz CT molecular complexity index is 1220. The number of amides is 1. The van der Waals surface area contributed by atoms with Crippen molar-refractivity contribution in [2.45, 2.75) is 19.0 Å². The van der Waals surface area contributed by atoms with Gasteiger partial charge in [0.15, 0.2) is 0 Å². The number of nitrogens with one attached hydrogen (secondary N) is 1. The third kappa shape index (κ3) is 4.31. The average molecular weight is 461 g/mol. The van der Waals surface area contributed by atoms with E-state index in [4.69, 9.17) is 0 Å². The molecule has 0 bridgehead atoms. The Morgan fingerprint density at radius 1 is 1.06 bits per heavy atom. The number of carbonyl (C=O) groups is 1. The van der Waals surface area contributed by atoms with Gasteiger partial charge < -0.3 is 15.1 Å². The lowest BCUT2D eigenvalue weighted by Gasteiger charge is -2.49. The molecule has 0 radical (unpaired) electrons. The minimum absolute atomic E-state index is 0.0269. The maximum absolute atomic E-state index is 13.6. The molecule has 5 rings (SSSR count). The van der Waals surface area contributed by atoms with Gasteiger partial charge in [0.25, 0.3) is 5.69 Å². The Balaban J connectivity index is 1.43. The molecule has 0 unspecified atom stereocenters. The van der Waals surface area contributed by atoms with Crippen molar-refractivity contribution in [3.63, 3.8) is 0 Å². The Morgan fingerprint density at radius 2 is 1.88 bits per heavy atom. The first-order valence-corrected chi connectivity index (χ1v) is 11.4. The molecule has 34 heavy (non-hydrogen) atoms. The molecule has 2 atom stereocenters. The van der Waals surface area contributed by atoms with Crippen molar-refractivity contribution in [2.24, 2.45) is 5.92 Å². The van der Waals surface area contributed by atoms with E-state index < -0.39 is 10.8 Å². The maximum atomic E-state index is 13.6. The van der Waals surface area contributed by atoms with Gasteiger partial charge in [0.2, 0.25) is 5.91 Å². The van der Waals surface area contributed by atoms with Gasteiger partial charge in [-0.2, -0.15) is 0 Å². The SMILES string of the molecule is O=C(NCc1cccc(F)c1)[C@@H]1Cc2cc([N+](=O)[O-])ccc2N2CCN(c3ccccc3)C[C@H]12. The first-order chi connectivity index (χ1) is 16.5. The van der Waals surface area contributed by atoms with Crippen LogP contribution in [0, 0.1) is 21.8 Å². The van der Waals surface area contributed by atoms with Crippen molar-refractivity contribution in [1.29, 1.82) is 0 Å². The Morgan fingerprint density at radius 3 is 2.65 bits per heavy atom. The highest BCUT2D eigenvalue weighted by Gasteiger charge is 2.42. The molecular weight excluding hydrogens is 435 g/mol. The molecule has 3 aromatic carbocycles. The lowest BCUT2D eigenvalue weighted by atomic mass is 9.83. The van der Waals surface area contributed by atoms with Crippen molar-refractivity contribution < 1.29 is 14.1 Å². The van der Waals surface area contributed by atoms with E-state index in [1.807, 2.05) is 18.2 Å². The second kappa shape index (κ2) is 9.13. The lowest BCUT2D eigenvalue weighted by Crippen LogP contribution is -2.61. The number of carbonyl (C=O) groups excluding carboxylic acids is 1. The summed E-state index contributed by atoms with van der Waals surface area (Å²) in [6.07, 6.45) is 0.412. The third-order valence-corrected chi connectivity index (χ3v) is 6.72. The summed E-state index contributed by atoms with van der Waals surface area (Å²) in [7, 11) is 0. The van der Waals surface area contributed by atoms with E-state index in [1.165, 1.54) is 18.2 Å². The highest BCUT2D eigenvalue weighted by Crippen LogP contribution is 2.38. The van der Waals surface area contributed by atoms with Crippen LogP contribution in [0.25, 0.3) is 0 Å². The highest BCUT2D eigenvalue weighted by molar-refractivity contribution is 5.82. The van der Waals surface area contributed by atoms with E-state index in [1.54, 1.807) is 24.3 Å². The van der Waals surface area contributed by atoms with E-state index in [-0.39, 0.29) is 30.0 Å². The number of halogens is 1. The fourth-order valence-corrected chi connectivity index (χ4v) is 5.06. The van der Waals surface area contributed by atoms with Crippen LogP contribution in [0.4, 0.5) is 21.5 Å². The molecule has 7 nitrogen and oxygen atoms in total. The number of para-hydroxylation sites is 1. The molecule has 8 heteroatoms. The lowest BCUT2D eigenvalue weighted by molar-refractivity contribution is -0.384. The van der Waals surface area contributed by atoms with Gasteiger partial charge in [-0.3, -0.25) is 14.9 Å². The molecule has 0 saturated carbocycles. The number of non-ortho nitro benzene ring substituents is 1. The van der Waals surface area contributed by atoms with Crippen LogP contribution < -0.4 is 15.1 Å². The summed E-state index contributed by atoms with van der Waals surface area (Å²) in [5.74, 6) is -0.872. The molecule has 0 aliphatic carbocycles. The van der Waals surface area contributed by atoms with Crippen LogP contribution >= 0.6 is 0 Å². The summed E-state index contributed by atoms with van der Waals surface area (Å²) in [6.45, 7) is 2.38. The number of nitro groups is 1. The number of anilines is 2. The monoisotopic (exact) mass is 460 g/mol. The van der Waals surface area contributed by atoms with Crippen molar-refractivity contribution in [3.05, 3.63) is 99.9 Å². The zero-order valence-corrected chi connectivity index (χ0v) is 18.6. The molecule has 1 fully saturated rings. The molecule has 2 aliphatic rings. The second-order valence-electron chi connectivity index (χ2n) is 8.77. The van der Waals surface area contributed by atoms with Crippen LogP contribution in [0.5, 0.6) is 0 Å².